The maximum absolute atomic E-state index is 13.2. The second kappa shape index (κ2) is 8.14. The topological polar surface area (TPSA) is 43.3 Å². The number of carbonyl (C=O) groups excluding carboxylic acids is 1. The van der Waals surface area contributed by atoms with Gasteiger partial charge >= 0.3 is 0 Å². The molecule has 0 bridgehead atoms. The van der Waals surface area contributed by atoms with Crippen LogP contribution in [-0.4, -0.2) is 17.6 Å². The number of halogens is 1. The molecule has 0 saturated carbocycles. The Labute approximate surface area is 173 Å². The first-order chi connectivity index (χ1) is 14.6. The van der Waals surface area contributed by atoms with Crippen LogP contribution in [0.2, 0.25) is 0 Å². The van der Waals surface area contributed by atoms with E-state index in [-0.39, 0.29) is 11.7 Å². The van der Waals surface area contributed by atoms with E-state index < -0.39 is 0 Å². The minimum absolute atomic E-state index is 0.262. The van der Waals surface area contributed by atoms with E-state index in [4.69, 9.17) is 4.74 Å². The smallest absolute Gasteiger partial charge is 0.273 e. The molecule has 0 aliphatic carbocycles. The molecular weight excluding hydrogens is 379 g/mol. The lowest BCUT2D eigenvalue weighted by molar-refractivity contribution is 0.101. The quantitative estimate of drug-likeness (QED) is 0.495. The Balaban J connectivity index is 1.76. The average Bonchev–Trinajstić information content (AvgIpc) is 3.06. The van der Waals surface area contributed by atoms with E-state index in [0.717, 1.165) is 10.9 Å². The van der Waals surface area contributed by atoms with Crippen molar-refractivity contribution in [2.75, 3.05) is 12.4 Å². The summed E-state index contributed by atoms with van der Waals surface area (Å²) in [6.45, 7) is 0. The number of para-hydroxylation sites is 1. The summed E-state index contributed by atoms with van der Waals surface area (Å²) < 4.78 is 20.2. The third kappa shape index (κ3) is 3.76. The van der Waals surface area contributed by atoms with Gasteiger partial charge in [0.25, 0.3) is 5.91 Å². The Hall–Kier alpha value is -4.04. The van der Waals surface area contributed by atoms with Gasteiger partial charge in [-0.25, -0.2) is 4.39 Å². The molecule has 4 nitrogen and oxygen atoms in total. The van der Waals surface area contributed by atoms with Crippen LogP contribution in [0.25, 0.3) is 10.9 Å². The lowest BCUT2D eigenvalue weighted by Gasteiger charge is -2.08. The van der Waals surface area contributed by atoms with E-state index in [1.54, 1.807) is 43.5 Å². The van der Waals surface area contributed by atoms with Crippen molar-refractivity contribution in [1.82, 2.24) is 4.57 Å². The second-order valence-electron chi connectivity index (χ2n) is 6.74. The summed E-state index contributed by atoms with van der Waals surface area (Å²) in [5.41, 5.74) is 3.32. The number of aryl methyl sites for hydroxylation is 1. The molecular formula is C25H19FN2O2. The van der Waals surface area contributed by atoms with Crippen LogP contribution >= 0.6 is 0 Å². The monoisotopic (exact) mass is 398 g/mol. The highest BCUT2D eigenvalue weighted by atomic mass is 19.1. The van der Waals surface area contributed by atoms with E-state index in [2.05, 4.69) is 17.2 Å². The molecule has 0 radical (unpaired) electrons. The number of nitrogens with zero attached hydrogens (tertiary/aromatic N) is 1. The van der Waals surface area contributed by atoms with Crippen molar-refractivity contribution < 1.29 is 13.9 Å². The number of hydrogen-bond donors (Lipinski definition) is 1. The Morgan fingerprint density at radius 2 is 1.67 bits per heavy atom. The number of anilines is 1. The molecule has 1 N–H and O–H groups in total. The molecule has 0 aliphatic rings. The van der Waals surface area contributed by atoms with E-state index >= 15 is 0 Å². The number of hydrogen-bond acceptors (Lipinski definition) is 2. The third-order valence-electron chi connectivity index (χ3n) is 4.85. The van der Waals surface area contributed by atoms with Gasteiger partial charge in [0.1, 0.15) is 17.3 Å². The summed E-state index contributed by atoms with van der Waals surface area (Å²) >= 11 is 0. The van der Waals surface area contributed by atoms with Crippen molar-refractivity contribution in [3.63, 3.8) is 0 Å². The molecule has 1 heterocycles. The number of fused-ring (bicyclic) bond motifs is 1. The van der Waals surface area contributed by atoms with Gasteiger partial charge in [0.05, 0.1) is 12.7 Å². The molecule has 0 atom stereocenters. The van der Waals surface area contributed by atoms with E-state index in [9.17, 15) is 9.18 Å². The van der Waals surface area contributed by atoms with Gasteiger partial charge in [-0.3, -0.25) is 4.79 Å². The Bertz CT molecular complexity index is 1280. The van der Waals surface area contributed by atoms with Crippen LogP contribution in [0, 0.1) is 17.7 Å². The van der Waals surface area contributed by atoms with Gasteiger partial charge in [-0.1, -0.05) is 30.0 Å². The fourth-order valence-electron chi connectivity index (χ4n) is 3.32. The van der Waals surface area contributed by atoms with Crippen molar-refractivity contribution in [2.45, 2.75) is 0 Å². The summed E-state index contributed by atoms with van der Waals surface area (Å²) in [4.78, 5) is 13.2. The van der Waals surface area contributed by atoms with E-state index in [1.807, 2.05) is 35.9 Å². The normalized spacial score (nSPS) is 10.4. The number of amides is 1. The molecule has 0 fully saturated rings. The molecule has 30 heavy (non-hydrogen) atoms. The fraction of sp³-hybridized carbons (Fsp3) is 0.0800. The molecule has 0 unspecified atom stereocenters. The largest absolute Gasteiger partial charge is 0.497 e. The number of aromatic nitrogens is 1. The zero-order chi connectivity index (χ0) is 21.1. The van der Waals surface area contributed by atoms with Crippen LogP contribution in [0.5, 0.6) is 5.75 Å². The summed E-state index contributed by atoms with van der Waals surface area (Å²) in [7, 11) is 3.43. The number of rotatable bonds is 3. The standard InChI is InChI=1S/C25H19FN2O2/c1-28-23-6-4-3-5-21(23)22(16-9-17-7-10-18(26)11-8-17)24(28)25(29)27-19-12-14-20(30-2)15-13-19/h3-8,10-15H,1-2H3,(H,27,29). The zero-order valence-corrected chi connectivity index (χ0v) is 16.6. The first-order valence-electron chi connectivity index (χ1n) is 9.37. The first-order valence-corrected chi connectivity index (χ1v) is 9.37. The SMILES string of the molecule is COc1ccc(NC(=O)c2c(C#Cc3ccc(F)cc3)c3ccccc3n2C)cc1. The molecule has 0 aliphatic heterocycles. The Morgan fingerprint density at radius 1 is 0.967 bits per heavy atom. The number of ether oxygens (including phenoxy) is 1. The summed E-state index contributed by atoms with van der Waals surface area (Å²) in [6.07, 6.45) is 0. The molecule has 1 aromatic heterocycles. The van der Waals surface area contributed by atoms with Gasteiger partial charge in [-0.05, 0) is 54.6 Å². The van der Waals surface area contributed by atoms with Gasteiger partial charge in [0.2, 0.25) is 0 Å². The van der Waals surface area contributed by atoms with Crippen molar-refractivity contribution in [1.29, 1.82) is 0 Å². The van der Waals surface area contributed by atoms with E-state index in [0.29, 0.717) is 28.3 Å². The minimum Gasteiger partial charge on any atom is -0.497 e. The lowest BCUT2D eigenvalue weighted by atomic mass is 10.1. The van der Waals surface area contributed by atoms with Gasteiger partial charge in [0, 0.05) is 29.2 Å². The number of methoxy groups -OCH3 is 1. The molecule has 0 saturated heterocycles. The van der Waals surface area contributed by atoms with Crippen molar-refractivity contribution in [3.05, 3.63) is 95.4 Å². The average molecular weight is 398 g/mol. The van der Waals surface area contributed by atoms with Gasteiger partial charge in [0.15, 0.2) is 0 Å². The van der Waals surface area contributed by atoms with Crippen molar-refractivity contribution in [3.8, 4) is 17.6 Å². The maximum Gasteiger partial charge on any atom is 0.273 e. The molecule has 3 aromatic carbocycles. The fourth-order valence-corrected chi connectivity index (χ4v) is 3.32. The van der Waals surface area contributed by atoms with Crippen LogP contribution in [0.3, 0.4) is 0 Å². The molecule has 0 spiro atoms. The van der Waals surface area contributed by atoms with Gasteiger partial charge in [-0.15, -0.1) is 0 Å². The maximum atomic E-state index is 13.2. The van der Waals surface area contributed by atoms with Crippen LogP contribution in [0.4, 0.5) is 10.1 Å². The minimum atomic E-state index is -0.315. The molecule has 4 aromatic rings. The van der Waals surface area contributed by atoms with Crippen LogP contribution < -0.4 is 10.1 Å². The highest BCUT2D eigenvalue weighted by Gasteiger charge is 2.20. The molecule has 148 valence electrons. The van der Waals surface area contributed by atoms with Crippen LogP contribution in [0.15, 0.2) is 72.8 Å². The summed E-state index contributed by atoms with van der Waals surface area (Å²) in [5.74, 6) is 6.30. The van der Waals surface area contributed by atoms with Crippen molar-refractivity contribution in [2.24, 2.45) is 7.05 Å². The van der Waals surface area contributed by atoms with Crippen molar-refractivity contribution >= 4 is 22.5 Å². The Kier molecular flexibility index (Phi) is 5.23. The zero-order valence-electron chi connectivity index (χ0n) is 16.6. The van der Waals surface area contributed by atoms with Crippen LogP contribution in [-0.2, 0) is 7.05 Å². The molecule has 5 heteroatoms. The molecule has 1 amide bonds. The predicted molar refractivity (Wildman–Crippen MR) is 116 cm³/mol. The van der Waals surface area contributed by atoms with E-state index in [1.165, 1.54) is 12.1 Å². The summed E-state index contributed by atoms with van der Waals surface area (Å²) in [5, 5.41) is 3.81. The highest BCUT2D eigenvalue weighted by molar-refractivity contribution is 6.09. The summed E-state index contributed by atoms with van der Waals surface area (Å²) in [6, 6.07) is 20.8. The Morgan fingerprint density at radius 3 is 2.37 bits per heavy atom. The number of benzene rings is 3. The third-order valence-corrected chi connectivity index (χ3v) is 4.85. The lowest BCUT2D eigenvalue weighted by Crippen LogP contribution is -2.17. The van der Waals surface area contributed by atoms with Crippen LogP contribution in [0.1, 0.15) is 21.6 Å². The second-order valence-corrected chi connectivity index (χ2v) is 6.74. The highest BCUT2D eigenvalue weighted by Crippen LogP contribution is 2.26. The predicted octanol–water partition coefficient (Wildman–Crippen LogP) is 4.98. The number of nitrogens with one attached hydrogen (secondary N) is 1. The molecule has 4 rings (SSSR count). The van der Waals surface area contributed by atoms with Gasteiger partial charge in [-0.2, -0.15) is 0 Å². The van der Waals surface area contributed by atoms with Gasteiger partial charge < -0.3 is 14.6 Å². The first kappa shape index (κ1) is 19.3. The number of carbonyl (C=O) groups is 1.